The fraction of sp³-hybridized carbons (Fsp3) is 0.241. The standard InChI is InChI=1S/C58H53F6NO10/c1-40-4-6-43(7-5-40)36-56(37-44-8-20-47(65)21-9-44,38-72-52(66)30-14-41-10-22-50(23-11-41)74-54(68)45-16-26-48(27-17-45)70-34-2-32-57(59,60)61)39-73-53(67)31-15-42-12-24-51(25-13-42)75-55(69)46-18-28-49(29-19-46)71-35-3-33-58(62,63)64/h4-31H,2-3,32-39,65H2,1H3/b30-14+,31-15+. The van der Waals surface area contributed by atoms with Crippen molar-refractivity contribution in [2.45, 2.75) is 57.8 Å². The maximum Gasteiger partial charge on any atom is 0.389 e. The summed E-state index contributed by atoms with van der Waals surface area (Å²) in [4.78, 5) is 52.3. The maximum absolute atomic E-state index is 13.4. The minimum Gasteiger partial charge on any atom is -0.494 e. The summed E-state index contributed by atoms with van der Waals surface area (Å²) in [6.45, 7) is 1.38. The third-order valence-corrected chi connectivity index (χ3v) is 11.2. The van der Waals surface area contributed by atoms with Crippen LogP contribution in [0, 0.1) is 12.3 Å². The number of halogens is 6. The number of carbonyl (C=O) groups is 4. The Bertz CT molecular complexity index is 2670. The molecule has 0 unspecified atom stereocenters. The van der Waals surface area contributed by atoms with E-state index in [1.54, 1.807) is 36.4 Å². The summed E-state index contributed by atoms with van der Waals surface area (Å²) in [6, 6.07) is 39.3. The van der Waals surface area contributed by atoms with Crippen LogP contribution in [0.3, 0.4) is 0 Å². The van der Waals surface area contributed by atoms with Gasteiger partial charge in [-0.05, 0) is 152 Å². The molecule has 2 N–H and O–H groups in total. The summed E-state index contributed by atoms with van der Waals surface area (Å²) in [5.74, 6) is -1.63. The highest BCUT2D eigenvalue weighted by molar-refractivity contribution is 5.92. The third kappa shape index (κ3) is 19.9. The van der Waals surface area contributed by atoms with Crippen LogP contribution in [-0.2, 0) is 31.9 Å². The van der Waals surface area contributed by atoms with Gasteiger partial charge in [0.25, 0.3) is 0 Å². The molecule has 0 aliphatic rings. The van der Waals surface area contributed by atoms with Crippen LogP contribution < -0.4 is 24.7 Å². The van der Waals surface area contributed by atoms with Crippen molar-refractivity contribution >= 4 is 41.7 Å². The molecule has 0 aliphatic heterocycles. The zero-order valence-electron chi connectivity index (χ0n) is 40.7. The smallest absolute Gasteiger partial charge is 0.389 e. The van der Waals surface area contributed by atoms with E-state index in [0.717, 1.165) is 16.7 Å². The zero-order chi connectivity index (χ0) is 53.9. The van der Waals surface area contributed by atoms with Gasteiger partial charge in [-0.1, -0.05) is 66.2 Å². The average Bonchev–Trinajstić information content (AvgIpc) is 3.38. The lowest BCUT2D eigenvalue weighted by Crippen LogP contribution is -2.38. The summed E-state index contributed by atoms with van der Waals surface area (Å²) in [5, 5.41) is 0. The van der Waals surface area contributed by atoms with Crippen LogP contribution in [0.4, 0.5) is 32.0 Å². The minimum absolute atomic E-state index is 0.130. The molecule has 0 saturated carbocycles. The lowest BCUT2D eigenvalue weighted by Gasteiger charge is -2.33. The first-order valence-corrected chi connectivity index (χ1v) is 23.6. The number of benzene rings is 6. The molecule has 0 atom stereocenters. The number of hydrogen-bond acceptors (Lipinski definition) is 11. The molecular formula is C58H53F6NO10. The van der Waals surface area contributed by atoms with Crippen molar-refractivity contribution in [3.63, 3.8) is 0 Å². The minimum atomic E-state index is -4.27. The van der Waals surface area contributed by atoms with Gasteiger partial charge in [0.15, 0.2) is 0 Å². The molecule has 6 aromatic rings. The third-order valence-electron chi connectivity index (χ3n) is 11.2. The number of alkyl halides is 6. The fourth-order valence-corrected chi connectivity index (χ4v) is 7.31. The Morgan fingerprint density at radius 3 is 1.21 bits per heavy atom. The Morgan fingerprint density at radius 1 is 0.480 bits per heavy atom. The second-order valence-electron chi connectivity index (χ2n) is 17.6. The first-order valence-electron chi connectivity index (χ1n) is 23.6. The van der Waals surface area contributed by atoms with E-state index in [1.807, 2.05) is 43.3 Å². The predicted octanol–water partition coefficient (Wildman–Crippen LogP) is 12.7. The van der Waals surface area contributed by atoms with Crippen LogP contribution in [0.25, 0.3) is 12.2 Å². The highest BCUT2D eigenvalue weighted by Gasteiger charge is 2.35. The van der Waals surface area contributed by atoms with E-state index < -0.39 is 54.5 Å². The van der Waals surface area contributed by atoms with E-state index in [2.05, 4.69) is 0 Å². The van der Waals surface area contributed by atoms with Crippen molar-refractivity contribution in [2.75, 3.05) is 32.2 Å². The molecule has 0 heterocycles. The van der Waals surface area contributed by atoms with Crippen molar-refractivity contribution in [3.8, 4) is 23.0 Å². The Balaban J connectivity index is 1.06. The molecule has 0 aliphatic carbocycles. The quantitative estimate of drug-likeness (QED) is 0.0154. The molecule has 0 spiro atoms. The van der Waals surface area contributed by atoms with Crippen molar-refractivity contribution in [3.05, 3.63) is 197 Å². The summed E-state index contributed by atoms with van der Waals surface area (Å²) in [7, 11) is 0. The topological polar surface area (TPSA) is 150 Å². The largest absolute Gasteiger partial charge is 0.494 e. The van der Waals surface area contributed by atoms with Gasteiger partial charge in [0, 0.05) is 36.1 Å². The number of anilines is 1. The number of nitrogen functional groups attached to an aromatic ring is 1. The lowest BCUT2D eigenvalue weighted by atomic mass is 9.77. The molecule has 6 rings (SSSR count). The molecule has 0 radical (unpaired) electrons. The van der Waals surface area contributed by atoms with Crippen molar-refractivity contribution in [2.24, 2.45) is 5.41 Å². The molecule has 0 saturated heterocycles. The first kappa shape index (κ1) is 56.0. The summed E-state index contributed by atoms with van der Waals surface area (Å²) in [5.41, 5.74) is 9.94. The normalized spacial score (nSPS) is 11.8. The van der Waals surface area contributed by atoms with Gasteiger partial charge >= 0.3 is 36.2 Å². The number of ether oxygens (including phenoxy) is 6. The monoisotopic (exact) mass is 1040 g/mol. The zero-order valence-corrected chi connectivity index (χ0v) is 40.7. The number of aryl methyl sites for hydroxylation is 1. The van der Waals surface area contributed by atoms with Crippen molar-refractivity contribution in [1.82, 2.24) is 0 Å². The number of rotatable bonds is 24. The number of esters is 4. The Kier molecular flexibility index (Phi) is 19.8. The molecule has 0 fully saturated rings. The Hall–Kier alpha value is -8.34. The average molecular weight is 1040 g/mol. The van der Waals surface area contributed by atoms with Gasteiger partial charge in [-0.25, -0.2) is 19.2 Å². The second kappa shape index (κ2) is 26.6. The van der Waals surface area contributed by atoms with Crippen molar-refractivity contribution in [1.29, 1.82) is 0 Å². The summed E-state index contributed by atoms with van der Waals surface area (Å²) < 4.78 is 108. The van der Waals surface area contributed by atoms with Gasteiger partial charge in [-0.15, -0.1) is 0 Å². The van der Waals surface area contributed by atoms with E-state index >= 15 is 0 Å². The first-order chi connectivity index (χ1) is 35.8. The molecule has 6 aromatic carbocycles. The molecule has 0 bridgehead atoms. The predicted molar refractivity (Wildman–Crippen MR) is 269 cm³/mol. The molecule has 0 amide bonds. The van der Waals surface area contributed by atoms with E-state index in [9.17, 15) is 45.5 Å². The Morgan fingerprint density at radius 2 is 0.840 bits per heavy atom. The molecule has 17 heteroatoms. The second-order valence-corrected chi connectivity index (χ2v) is 17.6. The lowest BCUT2D eigenvalue weighted by molar-refractivity contribution is -0.148. The van der Waals surface area contributed by atoms with Crippen LogP contribution in [-0.4, -0.2) is 62.7 Å². The van der Waals surface area contributed by atoms with Gasteiger partial charge in [0.1, 0.15) is 36.2 Å². The highest BCUT2D eigenvalue weighted by atomic mass is 19.4. The van der Waals surface area contributed by atoms with E-state index in [4.69, 9.17) is 34.2 Å². The van der Waals surface area contributed by atoms with Gasteiger partial charge in [0.2, 0.25) is 0 Å². The van der Waals surface area contributed by atoms with Crippen molar-refractivity contribution < 1.29 is 73.9 Å². The van der Waals surface area contributed by atoms with Crippen LogP contribution in [0.5, 0.6) is 23.0 Å². The van der Waals surface area contributed by atoms with Crippen LogP contribution >= 0.6 is 0 Å². The van der Waals surface area contributed by atoms with Gasteiger partial charge in [0.05, 0.1) is 24.3 Å². The van der Waals surface area contributed by atoms with E-state index in [0.29, 0.717) is 41.2 Å². The van der Waals surface area contributed by atoms with Crippen LogP contribution in [0.15, 0.2) is 158 Å². The maximum atomic E-state index is 13.4. The van der Waals surface area contributed by atoms with Crippen LogP contribution in [0.1, 0.15) is 74.2 Å². The van der Waals surface area contributed by atoms with Crippen LogP contribution in [0.2, 0.25) is 0 Å². The molecule has 75 heavy (non-hydrogen) atoms. The Labute approximate surface area is 429 Å². The van der Waals surface area contributed by atoms with E-state index in [1.165, 1.54) is 97.1 Å². The molecular weight excluding hydrogens is 985 g/mol. The van der Waals surface area contributed by atoms with Gasteiger partial charge in [-0.3, -0.25) is 0 Å². The SMILES string of the molecule is Cc1ccc(CC(COC(=O)/C=C/c2ccc(OC(=O)c3ccc(OCCCC(F)(F)F)cc3)cc2)(COC(=O)/C=C/c2ccc(OC(=O)c3ccc(OCCCC(F)(F)F)cc3)cc2)Cc2ccc(N)cc2)cc1. The fourth-order valence-electron chi connectivity index (χ4n) is 7.31. The van der Waals surface area contributed by atoms with Gasteiger partial charge < -0.3 is 34.2 Å². The van der Waals surface area contributed by atoms with Gasteiger partial charge in [-0.2, -0.15) is 26.3 Å². The van der Waals surface area contributed by atoms with E-state index in [-0.39, 0.29) is 61.9 Å². The summed E-state index contributed by atoms with van der Waals surface area (Å²) in [6.07, 6.45) is -4.63. The molecule has 0 aromatic heterocycles. The molecule has 392 valence electrons. The molecule has 11 nitrogen and oxygen atoms in total. The number of nitrogens with two attached hydrogens (primary N) is 1. The number of carbonyl (C=O) groups excluding carboxylic acids is 4. The summed E-state index contributed by atoms with van der Waals surface area (Å²) >= 11 is 0. The number of hydrogen-bond donors (Lipinski definition) is 1. The highest BCUT2D eigenvalue weighted by Crippen LogP contribution is 2.31.